The summed E-state index contributed by atoms with van der Waals surface area (Å²) in [6.45, 7) is 4.46. The average Bonchev–Trinajstić information content (AvgIpc) is 2.39. The van der Waals surface area contributed by atoms with Crippen molar-refractivity contribution >= 4 is 10.0 Å². The number of aryl methyl sites for hydroxylation is 1. The van der Waals surface area contributed by atoms with Gasteiger partial charge in [-0.15, -0.1) is 0 Å². The summed E-state index contributed by atoms with van der Waals surface area (Å²) in [6.07, 6.45) is 2.68. The lowest BCUT2D eigenvalue weighted by molar-refractivity contribution is 0.374. The standard InChI is InChI=1S/C14H24N2O2S/c1-4-5-13-6-8-14(9-7-13)19(17,18)16(3)12(2)10-11-15/h6-9,12H,4-5,10-11,15H2,1-3H3. The molecule has 2 N–H and O–H groups in total. The molecule has 1 aromatic rings. The van der Waals surface area contributed by atoms with Gasteiger partial charge in [-0.2, -0.15) is 4.31 Å². The second kappa shape index (κ2) is 7.03. The summed E-state index contributed by atoms with van der Waals surface area (Å²) < 4.78 is 26.2. The maximum absolute atomic E-state index is 12.4. The van der Waals surface area contributed by atoms with Crippen molar-refractivity contribution in [1.29, 1.82) is 0 Å². The zero-order chi connectivity index (χ0) is 14.5. The van der Waals surface area contributed by atoms with Gasteiger partial charge in [0.05, 0.1) is 4.90 Å². The molecule has 1 atom stereocenters. The lowest BCUT2D eigenvalue weighted by Crippen LogP contribution is -2.36. The summed E-state index contributed by atoms with van der Waals surface area (Å²) in [6, 6.07) is 7.05. The summed E-state index contributed by atoms with van der Waals surface area (Å²) in [7, 11) is -1.81. The Bertz CT molecular complexity index is 483. The van der Waals surface area contributed by atoms with Gasteiger partial charge in [0, 0.05) is 13.1 Å². The van der Waals surface area contributed by atoms with Crippen LogP contribution >= 0.6 is 0 Å². The number of rotatable bonds is 7. The molecule has 0 fully saturated rings. The van der Waals surface area contributed by atoms with Gasteiger partial charge in [-0.1, -0.05) is 25.5 Å². The van der Waals surface area contributed by atoms with Crippen LogP contribution in [0.1, 0.15) is 32.3 Å². The molecule has 0 saturated heterocycles. The predicted molar refractivity (Wildman–Crippen MR) is 78.5 cm³/mol. The maximum Gasteiger partial charge on any atom is 0.243 e. The summed E-state index contributed by atoms with van der Waals surface area (Å²) >= 11 is 0. The van der Waals surface area contributed by atoms with Gasteiger partial charge < -0.3 is 5.73 Å². The highest BCUT2D eigenvalue weighted by molar-refractivity contribution is 7.89. The van der Waals surface area contributed by atoms with Crippen LogP contribution in [-0.2, 0) is 16.4 Å². The van der Waals surface area contributed by atoms with Crippen LogP contribution in [0.2, 0.25) is 0 Å². The van der Waals surface area contributed by atoms with Crippen LogP contribution in [0.25, 0.3) is 0 Å². The highest BCUT2D eigenvalue weighted by Gasteiger charge is 2.24. The second-order valence-electron chi connectivity index (χ2n) is 4.84. The molecule has 0 heterocycles. The smallest absolute Gasteiger partial charge is 0.243 e. The molecule has 0 amide bonds. The Morgan fingerprint density at radius 2 is 1.84 bits per heavy atom. The van der Waals surface area contributed by atoms with Crippen LogP contribution in [0.15, 0.2) is 29.2 Å². The molecule has 0 aliphatic carbocycles. The van der Waals surface area contributed by atoms with E-state index in [2.05, 4.69) is 6.92 Å². The fraction of sp³-hybridized carbons (Fsp3) is 0.571. The Morgan fingerprint density at radius 1 is 1.26 bits per heavy atom. The fourth-order valence-corrected chi connectivity index (χ4v) is 3.33. The van der Waals surface area contributed by atoms with Crippen molar-refractivity contribution in [3.8, 4) is 0 Å². The van der Waals surface area contributed by atoms with Crippen LogP contribution in [0, 0.1) is 0 Å². The van der Waals surface area contributed by atoms with E-state index < -0.39 is 10.0 Å². The number of sulfonamides is 1. The monoisotopic (exact) mass is 284 g/mol. The van der Waals surface area contributed by atoms with E-state index in [9.17, 15) is 8.42 Å². The van der Waals surface area contributed by atoms with E-state index in [1.54, 1.807) is 19.2 Å². The lowest BCUT2D eigenvalue weighted by atomic mass is 10.1. The molecule has 0 aliphatic heterocycles. The molecule has 0 spiro atoms. The Morgan fingerprint density at radius 3 is 2.32 bits per heavy atom. The summed E-state index contributed by atoms with van der Waals surface area (Å²) in [4.78, 5) is 0.346. The minimum Gasteiger partial charge on any atom is -0.330 e. The minimum absolute atomic E-state index is 0.0923. The van der Waals surface area contributed by atoms with E-state index in [4.69, 9.17) is 5.73 Å². The highest BCUT2D eigenvalue weighted by atomic mass is 32.2. The summed E-state index contributed by atoms with van der Waals surface area (Å²) in [5, 5.41) is 0. The Balaban J connectivity index is 2.93. The van der Waals surface area contributed by atoms with Crippen molar-refractivity contribution in [2.75, 3.05) is 13.6 Å². The zero-order valence-electron chi connectivity index (χ0n) is 12.0. The Kier molecular flexibility index (Phi) is 5.97. The lowest BCUT2D eigenvalue weighted by Gasteiger charge is -2.24. The molecule has 1 rings (SSSR count). The van der Waals surface area contributed by atoms with Crippen LogP contribution in [-0.4, -0.2) is 32.4 Å². The second-order valence-corrected chi connectivity index (χ2v) is 6.84. The van der Waals surface area contributed by atoms with Crippen molar-refractivity contribution in [1.82, 2.24) is 4.31 Å². The van der Waals surface area contributed by atoms with Gasteiger partial charge in [0.25, 0.3) is 0 Å². The van der Waals surface area contributed by atoms with Gasteiger partial charge in [0.1, 0.15) is 0 Å². The van der Waals surface area contributed by atoms with E-state index in [0.29, 0.717) is 17.9 Å². The van der Waals surface area contributed by atoms with Crippen molar-refractivity contribution in [2.24, 2.45) is 5.73 Å². The first-order chi connectivity index (χ1) is 8.93. The van der Waals surface area contributed by atoms with Gasteiger partial charge in [0.15, 0.2) is 0 Å². The van der Waals surface area contributed by atoms with Crippen molar-refractivity contribution in [2.45, 2.75) is 44.0 Å². The van der Waals surface area contributed by atoms with Crippen LogP contribution in [0.5, 0.6) is 0 Å². The normalized spacial score (nSPS) is 13.7. The molecule has 19 heavy (non-hydrogen) atoms. The molecule has 0 bridgehead atoms. The SMILES string of the molecule is CCCc1ccc(S(=O)(=O)N(C)C(C)CCN)cc1. The highest BCUT2D eigenvalue weighted by Crippen LogP contribution is 2.18. The zero-order valence-corrected chi connectivity index (χ0v) is 12.8. The van der Waals surface area contributed by atoms with E-state index >= 15 is 0 Å². The van der Waals surface area contributed by atoms with E-state index in [-0.39, 0.29) is 6.04 Å². The first-order valence-corrected chi connectivity index (χ1v) is 8.14. The third kappa shape index (κ3) is 4.03. The van der Waals surface area contributed by atoms with Crippen LogP contribution < -0.4 is 5.73 Å². The van der Waals surface area contributed by atoms with E-state index in [1.807, 2.05) is 19.1 Å². The molecule has 0 saturated carbocycles. The molecule has 108 valence electrons. The van der Waals surface area contributed by atoms with Gasteiger partial charge >= 0.3 is 0 Å². The number of nitrogens with zero attached hydrogens (tertiary/aromatic N) is 1. The number of hydrogen-bond donors (Lipinski definition) is 1. The first-order valence-electron chi connectivity index (χ1n) is 6.70. The minimum atomic E-state index is -3.41. The molecule has 5 heteroatoms. The Hall–Kier alpha value is -0.910. The van der Waals surface area contributed by atoms with Crippen LogP contribution in [0.4, 0.5) is 0 Å². The number of benzene rings is 1. The Labute approximate surface area is 116 Å². The molecule has 1 unspecified atom stereocenters. The number of hydrogen-bond acceptors (Lipinski definition) is 3. The van der Waals surface area contributed by atoms with Crippen molar-refractivity contribution in [3.63, 3.8) is 0 Å². The molecule has 4 nitrogen and oxygen atoms in total. The molecule has 0 aromatic heterocycles. The summed E-state index contributed by atoms with van der Waals surface area (Å²) in [5.74, 6) is 0. The quantitative estimate of drug-likeness (QED) is 0.833. The molecular formula is C14H24N2O2S. The van der Waals surface area contributed by atoms with Crippen molar-refractivity contribution in [3.05, 3.63) is 29.8 Å². The molecule has 0 aliphatic rings. The van der Waals surface area contributed by atoms with Crippen LogP contribution in [0.3, 0.4) is 0 Å². The number of nitrogens with two attached hydrogens (primary N) is 1. The van der Waals surface area contributed by atoms with Gasteiger partial charge in [0.2, 0.25) is 10.0 Å². The summed E-state index contributed by atoms with van der Waals surface area (Å²) in [5.41, 5.74) is 6.65. The largest absolute Gasteiger partial charge is 0.330 e. The predicted octanol–water partition coefficient (Wildman–Crippen LogP) is 2.00. The fourth-order valence-electron chi connectivity index (χ4n) is 1.94. The topological polar surface area (TPSA) is 63.4 Å². The molecule has 1 aromatic carbocycles. The first kappa shape index (κ1) is 16.1. The average molecular weight is 284 g/mol. The van der Waals surface area contributed by atoms with Gasteiger partial charge in [-0.25, -0.2) is 8.42 Å². The third-order valence-corrected chi connectivity index (χ3v) is 5.33. The van der Waals surface area contributed by atoms with E-state index in [0.717, 1.165) is 12.8 Å². The van der Waals surface area contributed by atoms with E-state index in [1.165, 1.54) is 9.87 Å². The third-order valence-electron chi connectivity index (χ3n) is 3.34. The molecule has 0 radical (unpaired) electrons. The molecular weight excluding hydrogens is 260 g/mol. The van der Waals surface area contributed by atoms with Gasteiger partial charge in [-0.05, 0) is 44.0 Å². The maximum atomic E-state index is 12.4. The van der Waals surface area contributed by atoms with Crippen molar-refractivity contribution < 1.29 is 8.42 Å². The van der Waals surface area contributed by atoms with Gasteiger partial charge in [-0.3, -0.25) is 0 Å².